The number of fused-ring (bicyclic) bond motifs is 1. The Hall–Kier alpha value is -2.34. The predicted molar refractivity (Wildman–Crippen MR) is 96.2 cm³/mol. The van der Waals surface area contributed by atoms with Crippen LogP contribution >= 0.6 is 0 Å². The van der Waals surface area contributed by atoms with Gasteiger partial charge in [0.2, 0.25) is 0 Å². The lowest BCUT2D eigenvalue weighted by Gasteiger charge is -2.20. The summed E-state index contributed by atoms with van der Waals surface area (Å²) in [6, 6.07) is 6.13. The molecule has 0 saturated carbocycles. The van der Waals surface area contributed by atoms with Crippen LogP contribution in [0.15, 0.2) is 30.6 Å². The van der Waals surface area contributed by atoms with Gasteiger partial charge < -0.3 is 15.7 Å². The van der Waals surface area contributed by atoms with Crippen LogP contribution in [0, 0.1) is 0 Å². The number of urea groups is 1. The monoisotopic (exact) mass is 342 g/mol. The van der Waals surface area contributed by atoms with Crippen molar-refractivity contribution < 1.29 is 9.90 Å². The minimum Gasteiger partial charge on any atom is -0.386 e. The van der Waals surface area contributed by atoms with E-state index in [1.807, 2.05) is 6.92 Å². The SMILES string of the molecule is CC(NC(=O)NCC(O)c1cnn(C)c1)c1ccc2c(c1)CCCC2. The van der Waals surface area contributed by atoms with Crippen LogP contribution < -0.4 is 10.6 Å². The Balaban J connectivity index is 1.52. The standard InChI is InChI=1S/C19H26N4O2/c1-13(15-8-7-14-5-3-4-6-16(14)9-15)22-19(25)20-11-18(24)17-10-21-23(2)12-17/h7-10,12-13,18,24H,3-6,11H2,1-2H3,(H2,20,22,25). The minimum absolute atomic E-state index is 0.0808. The number of hydrogen-bond acceptors (Lipinski definition) is 3. The van der Waals surface area contributed by atoms with Gasteiger partial charge in [0.05, 0.1) is 18.3 Å². The molecule has 3 N–H and O–H groups in total. The van der Waals surface area contributed by atoms with Crippen LogP contribution in [0.1, 0.15) is 54.2 Å². The molecule has 0 aliphatic heterocycles. The highest BCUT2D eigenvalue weighted by Gasteiger charge is 2.15. The lowest BCUT2D eigenvalue weighted by molar-refractivity contribution is 0.172. The maximum absolute atomic E-state index is 12.1. The maximum Gasteiger partial charge on any atom is 0.315 e. The molecule has 0 saturated heterocycles. The molecule has 1 aromatic carbocycles. The average molecular weight is 342 g/mol. The van der Waals surface area contributed by atoms with E-state index in [1.54, 1.807) is 24.1 Å². The molecule has 1 heterocycles. The lowest BCUT2D eigenvalue weighted by atomic mass is 9.89. The second-order valence-electron chi connectivity index (χ2n) is 6.77. The number of rotatable bonds is 5. The number of aromatic nitrogens is 2. The average Bonchev–Trinajstić information content (AvgIpc) is 3.05. The third kappa shape index (κ3) is 4.39. The van der Waals surface area contributed by atoms with E-state index in [0.717, 1.165) is 18.4 Å². The normalized spacial score (nSPS) is 16.0. The third-order valence-corrected chi connectivity index (χ3v) is 4.79. The number of carbonyl (C=O) groups excluding carboxylic acids is 1. The van der Waals surface area contributed by atoms with Gasteiger partial charge >= 0.3 is 6.03 Å². The number of aryl methyl sites for hydroxylation is 3. The van der Waals surface area contributed by atoms with Crippen molar-refractivity contribution in [2.24, 2.45) is 7.05 Å². The lowest BCUT2D eigenvalue weighted by Crippen LogP contribution is -2.39. The zero-order valence-corrected chi connectivity index (χ0v) is 14.8. The molecule has 134 valence electrons. The van der Waals surface area contributed by atoms with Crippen molar-refractivity contribution in [2.75, 3.05) is 6.54 Å². The van der Waals surface area contributed by atoms with Crippen molar-refractivity contribution in [1.82, 2.24) is 20.4 Å². The van der Waals surface area contributed by atoms with Crippen molar-refractivity contribution in [3.05, 3.63) is 52.8 Å². The molecule has 6 nitrogen and oxygen atoms in total. The second-order valence-corrected chi connectivity index (χ2v) is 6.77. The molecular formula is C19H26N4O2. The number of aliphatic hydroxyl groups excluding tert-OH is 1. The highest BCUT2D eigenvalue weighted by Crippen LogP contribution is 2.24. The minimum atomic E-state index is -0.765. The molecule has 0 radical (unpaired) electrons. The topological polar surface area (TPSA) is 79.2 Å². The molecule has 2 atom stereocenters. The highest BCUT2D eigenvalue weighted by molar-refractivity contribution is 5.74. The van der Waals surface area contributed by atoms with Crippen LogP contribution in [0.25, 0.3) is 0 Å². The van der Waals surface area contributed by atoms with E-state index in [0.29, 0.717) is 5.56 Å². The molecule has 2 amide bonds. The molecule has 1 aliphatic rings. The first-order valence-electron chi connectivity index (χ1n) is 8.85. The number of carbonyl (C=O) groups is 1. The molecule has 1 aliphatic carbocycles. The number of nitrogens with zero attached hydrogens (tertiary/aromatic N) is 2. The summed E-state index contributed by atoms with van der Waals surface area (Å²) in [4.78, 5) is 12.1. The van der Waals surface area contributed by atoms with Gasteiger partial charge in [0, 0.05) is 25.4 Å². The molecule has 6 heteroatoms. The number of benzene rings is 1. The molecular weight excluding hydrogens is 316 g/mol. The molecule has 3 rings (SSSR count). The van der Waals surface area contributed by atoms with Crippen LogP contribution in [0.2, 0.25) is 0 Å². The number of aliphatic hydroxyl groups is 1. The van der Waals surface area contributed by atoms with E-state index >= 15 is 0 Å². The first-order chi connectivity index (χ1) is 12.0. The van der Waals surface area contributed by atoms with E-state index in [1.165, 1.54) is 24.0 Å². The zero-order valence-electron chi connectivity index (χ0n) is 14.8. The quantitative estimate of drug-likeness (QED) is 0.781. The summed E-state index contributed by atoms with van der Waals surface area (Å²) in [6.07, 6.45) is 7.36. The maximum atomic E-state index is 12.1. The summed E-state index contributed by atoms with van der Waals surface area (Å²) in [5.74, 6) is 0. The van der Waals surface area contributed by atoms with Crippen molar-refractivity contribution in [3.63, 3.8) is 0 Å². The van der Waals surface area contributed by atoms with Crippen LogP contribution in [0.4, 0.5) is 4.79 Å². The van der Waals surface area contributed by atoms with Gasteiger partial charge in [-0.3, -0.25) is 4.68 Å². The summed E-state index contributed by atoms with van der Waals surface area (Å²) in [5, 5.41) is 19.7. The smallest absolute Gasteiger partial charge is 0.315 e. The summed E-state index contributed by atoms with van der Waals surface area (Å²) >= 11 is 0. The van der Waals surface area contributed by atoms with E-state index in [-0.39, 0.29) is 18.6 Å². The molecule has 0 fully saturated rings. The Kier molecular flexibility index (Phi) is 5.38. The molecule has 1 aromatic heterocycles. The van der Waals surface area contributed by atoms with Crippen LogP contribution in [-0.2, 0) is 19.9 Å². The Morgan fingerprint density at radius 3 is 2.76 bits per heavy atom. The van der Waals surface area contributed by atoms with Gasteiger partial charge in [-0.15, -0.1) is 0 Å². The van der Waals surface area contributed by atoms with Gasteiger partial charge in [-0.1, -0.05) is 18.2 Å². The molecule has 25 heavy (non-hydrogen) atoms. The number of amides is 2. The molecule has 0 bridgehead atoms. The molecule has 2 aromatic rings. The summed E-state index contributed by atoms with van der Waals surface area (Å²) < 4.78 is 1.62. The van der Waals surface area contributed by atoms with Gasteiger partial charge in [-0.2, -0.15) is 5.10 Å². The first kappa shape index (κ1) is 17.5. The zero-order chi connectivity index (χ0) is 17.8. The largest absolute Gasteiger partial charge is 0.386 e. The first-order valence-corrected chi connectivity index (χ1v) is 8.85. The van der Waals surface area contributed by atoms with Gasteiger partial charge in [0.25, 0.3) is 0 Å². The fourth-order valence-corrected chi connectivity index (χ4v) is 3.27. The van der Waals surface area contributed by atoms with Crippen molar-refractivity contribution in [3.8, 4) is 0 Å². The van der Waals surface area contributed by atoms with Crippen molar-refractivity contribution in [2.45, 2.75) is 44.8 Å². The Morgan fingerprint density at radius 1 is 1.28 bits per heavy atom. The second kappa shape index (κ2) is 7.70. The Bertz CT molecular complexity index is 741. The van der Waals surface area contributed by atoms with E-state index in [9.17, 15) is 9.90 Å². The van der Waals surface area contributed by atoms with E-state index in [4.69, 9.17) is 0 Å². The van der Waals surface area contributed by atoms with Crippen LogP contribution in [0.3, 0.4) is 0 Å². The van der Waals surface area contributed by atoms with Gasteiger partial charge in [-0.05, 0) is 49.3 Å². The van der Waals surface area contributed by atoms with Gasteiger partial charge in [-0.25, -0.2) is 4.79 Å². The number of nitrogens with one attached hydrogen (secondary N) is 2. The van der Waals surface area contributed by atoms with E-state index < -0.39 is 6.10 Å². The Morgan fingerprint density at radius 2 is 2.04 bits per heavy atom. The van der Waals surface area contributed by atoms with Gasteiger partial charge in [0.15, 0.2) is 0 Å². The highest BCUT2D eigenvalue weighted by atomic mass is 16.3. The summed E-state index contributed by atoms with van der Waals surface area (Å²) in [5.41, 5.74) is 4.64. The number of hydrogen-bond donors (Lipinski definition) is 3. The fourth-order valence-electron chi connectivity index (χ4n) is 3.27. The predicted octanol–water partition coefficient (Wildman–Crippen LogP) is 2.39. The Labute approximate surface area is 148 Å². The third-order valence-electron chi connectivity index (χ3n) is 4.79. The molecule has 0 spiro atoms. The van der Waals surface area contributed by atoms with E-state index in [2.05, 4.69) is 33.9 Å². The van der Waals surface area contributed by atoms with Crippen LogP contribution in [-0.4, -0.2) is 27.5 Å². The van der Waals surface area contributed by atoms with Crippen molar-refractivity contribution in [1.29, 1.82) is 0 Å². The summed E-state index contributed by atoms with van der Waals surface area (Å²) in [7, 11) is 1.79. The van der Waals surface area contributed by atoms with Crippen LogP contribution in [0.5, 0.6) is 0 Å². The van der Waals surface area contributed by atoms with Gasteiger partial charge in [0.1, 0.15) is 0 Å². The van der Waals surface area contributed by atoms with Crippen molar-refractivity contribution >= 4 is 6.03 Å². The fraction of sp³-hybridized carbons (Fsp3) is 0.474. The molecule has 2 unspecified atom stereocenters. The summed E-state index contributed by atoms with van der Waals surface area (Å²) in [6.45, 7) is 2.12.